The van der Waals surface area contributed by atoms with Crippen molar-refractivity contribution >= 4 is 5.97 Å². The summed E-state index contributed by atoms with van der Waals surface area (Å²) in [6, 6.07) is 0. The Kier molecular flexibility index (Phi) is 4.30. The zero-order valence-electron chi connectivity index (χ0n) is 7.28. The maximum Gasteiger partial charge on any atom is 0.381 e. The summed E-state index contributed by atoms with van der Waals surface area (Å²) in [7, 11) is 0. The quantitative estimate of drug-likeness (QED) is 0.639. The number of carbonyl (C=O) groups is 1. The minimum Gasteiger partial charge on any atom is -0.472 e. The average Bonchev–Trinajstić information content (AvgIpc) is 2.14. The van der Waals surface area contributed by atoms with Gasteiger partial charge in [-0.15, -0.1) is 0 Å². The average molecular weight is 184 g/mol. The molecule has 1 heterocycles. The Morgan fingerprint density at radius 3 is 3.08 bits per heavy atom. The van der Waals surface area contributed by atoms with Crippen LogP contribution in [-0.2, 0) is 14.3 Å². The van der Waals surface area contributed by atoms with Gasteiger partial charge in [0.05, 0.1) is 0 Å². The summed E-state index contributed by atoms with van der Waals surface area (Å²) in [5, 5.41) is 8.19. The van der Waals surface area contributed by atoms with Gasteiger partial charge in [-0.1, -0.05) is 5.92 Å². The van der Waals surface area contributed by atoms with E-state index in [4.69, 9.17) is 14.6 Å². The Labute approximate surface area is 76.8 Å². The van der Waals surface area contributed by atoms with E-state index in [0.717, 1.165) is 25.9 Å². The van der Waals surface area contributed by atoms with Gasteiger partial charge in [0.1, 0.15) is 6.61 Å². The Morgan fingerprint density at radius 2 is 2.46 bits per heavy atom. The van der Waals surface area contributed by atoms with Gasteiger partial charge in [-0.05, 0) is 19.3 Å². The molecule has 1 atom stereocenters. The first kappa shape index (κ1) is 10.0. The second-order valence-corrected chi connectivity index (χ2v) is 2.71. The van der Waals surface area contributed by atoms with E-state index in [1.165, 1.54) is 0 Å². The Morgan fingerprint density at radius 1 is 1.62 bits per heavy atom. The van der Waals surface area contributed by atoms with Crippen LogP contribution in [0, 0.1) is 11.8 Å². The number of rotatable bonds is 2. The molecule has 1 saturated heterocycles. The molecule has 0 radical (unpaired) electrons. The van der Waals surface area contributed by atoms with E-state index in [1.807, 2.05) is 5.92 Å². The molecule has 1 N–H and O–H groups in total. The van der Waals surface area contributed by atoms with E-state index in [-0.39, 0.29) is 12.9 Å². The van der Waals surface area contributed by atoms with Gasteiger partial charge in [-0.3, -0.25) is 0 Å². The molecule has 13 heavy (non-hydrogen) atoms. The zero-order valence-corrected chi connectivity index (χ0v) is 7.28. The van der Waals surface area contributed by atoms with Crippen LogP contribution in [0.15, 0.2) is 0 Å². The summed E-state index contributed by atoms with van der Waals surface area (Å²) in [5.41, 5.74) is 0. The standard InChI is InChI=1S/C9H12O4/c10-8(11)4-3-7-13-9-5-1-2-6-12-9/h9H,1-2,5-7H2,(H,10,11). The van der Waals surface area contributed by atoms with Gasteiger partial charge in [0.2, 0.25) is 0 Å². The molecule has 0 aromatic rings. The maximum atomic E-state index is 9.99. The SMILES string of the molecule is O=C(O)C#CCOC1CCCCO1. The molecular formula is C9H12O4. The van der Waals surface area contributed by atoms with Crippen molar-refractivity contribution < 1.29 is 19.4 Å². The Balaban J connectivity index is 2.12. The molecule has 72 valence electrons. The largest absolute Gasteiger partial charge is 0.472 e. The third-order valence-electron chi connectivity index (χ3n) is 1.67. The third kappa shape index (κ3) is 4.51. The van der Waals surface area contributed by atoms with Crippen molar-refractivity contribution in [3.63, 3.8) is 0 Å². The van der Waals surface area contributed by atoms with Gasteiger partial charge in [0.25, 0.3) is 0 Å². The Bertz CT molecular complexity index is 220. The molecule has 0 spiro atoms. The van der Waals surface area contributed by atoms with Gasteiger partial charge in [0.15, 0.2) is 6.29 Å². The van der Waals surface area contributed by atoms with Crippen LogP contribution in [0.1, 0.15) is 19.3 Å². The molecule has 0 saturated carbocycles. The van der Waals surface area contributed by atoms with Crippen LogP contribution in [0.2, 0.25) is 0 Å². The number of ether oxygens (including phenoxy) is 2. The van der Waals surface area contributed by atoms with Crippen molar-refractivity contribution in [2.45, 2.75) is 25.6 Å². The van der Waals surface area contributed by atoms with E-state index in [2.05, 4.69) is 5.92 Å². The highest BCUT2D eigenvalue weighted by molar-refractivity contribution is 5.86. The van der Waals surface area contributed by atoms with Crippen molar-refractivity contribution in [2.75, 3.05) is 13.2 Å². The minimum atomic E-state index is -1.13. The van der Waals surface area contributed by atoms with Gasteiger partial charge in [-0.25, -0.2) is 4.79 Å². The molecule has 1 rings (SSSR count). The van der Waals surface area contributed by atoms with Crippen LogP contribution < -0.4 is 0 Å². The van der Waals surface area contributed by atoms with E-state index in [0.29, 0.717) is 0 Å². The second-order valence-electron chi connectivity index (χ2n) is 2.71. The van der Waals surface area contributed by atoms with E-state index in [9.17, 15) is 4.79 Å². The summed E-state index contributed by atoms with van der Waals surface area (Å²) >= 11 is 0. The molecular weight excluding hydrogens is 172 g/mol. The van der Waals surface area contributed by atoms with Gasteiger partial charge in [-0.2, -0.15) is 0 Å². The number of hydrogen-bond acceptors (Lipinski definition) is 3. The fourth-order valence-corrected chi connectivity index (χ4v) is 1.09. The van der Waals surface area contributed by atoms with Crippen LogP contribution in [0.25, 0.3) is 0 Å². The molecule has 0 aromatic heterocycles. The fraction of sp³-hybridized carbons (Fsp3) is 0.667. The van der Waals surface area contributed by atoms with Gasteiger partial charge in [0, 0.05) is 12.5 Å². The first-order chi connectivity index (χ1) is 6.29. The van der Waals surface area contributed by atoms with E-state index >= 15 is 0 Å². The molecule has 1 unspecified atom stereocenters. The van der Waals surface area contributed by atoms with Crippen LogP contribution in [-0.4, -0.2) is 30.6 Å². The van der Waals surface area contributed by atoms with Crippen LogP contribution in [0.5, 0.6) is 0 Å². The monoisotopic (exact) mass is 184 g/mol. The molecule has 1 aliphatic heterocycles. The first-order valence-corrected chi connectivity index (χ1v) is 4.24. The summed E-state index contributed by atoms with van der Waals surface area (Å²) in [6.07, 6.45) is 2.84. The molecule has 0 aliphatic carbocycles. The third-order valence-corrected chi connectivity index (χ3v) is 1.67. The highest BCUT2D eigenvalue weighted by Gasteiger charge is 2.12. The maximum absolute atomic E-state index is 9.99. The zero-order chi connectivity index (χ0) is 9.52. The lowest BCUT2D eigenvalue weighted by Crippen LogP contribution is -2.22. The van der Waals surface area contributed by atoms with Crippen LogP contribution in [0.4, 0.5) is 0 Å². The summed E-state index contributed by atoms with van der Waals surface area (Å²) in [4.78, 5) is 9.99. The van der Waals surface area contributed by atoms with Gasteiger partial charge >= 0.3 is 5.97 Å². The van der Waals surface area contributed by atoms with Crippen LogP contribution in [0.3, 0.4) is 0 Å². The summed E-state index contributed by atoms with van der Waals surface area (Å²) in [6.45, 7) is 0.841. The lowest BCUT2D eigenvalue weighted by atomic mass is 10.2. The highest BCUT2D eigenvalue weighted by Crippen LogP contribution is 2.12. The van der Waals surface area contributed by atoms with E-state index < -0.39 is 5.97 Å². The smallest absolute Gasteiger partial charge is 0.381 e. The van der Waals surface area contributed by atoms with Crippen LogP contribution >= 0.6 is 0 Å². The van der Waals surface area contributed by atoms with E-state index in [1.54, 1.807) is 0 Å². The normalized spacial score (nSPS) is 21.7. The van der Waals surface area contributed by atoms with Crippen molar-refractivity contribution in [1.29, 1.82) is 0 Å². The number of carboxylic acids is 1. The number of hydrogen-bond donors (Lipinski definition) is 1. The van der Waals surface area contributed by atoms with Crippen molar-refractivity contribution in [3.05, 3.63) is 0 Å². The predicted octanol–water partition coefficient (Wildman–Crippen LogP) is 0.618. The molecule has 1 aliphatic rings. The fourth-order valence-electron chi connectivity index (χ4n) is 1.09. The topological polar surface area (TPSA) is 55.8 Å². The number of aliphatic carboxylic acids is 1. The molecule has 0 bridgehead atoms. The molecule has 0 amide bonds. The summed E-state index contributed by atoms with van der Waals surface area (Å²) in [5.74, 6) is 3.22. The first-order valence-electron chi connectivity index (χ1n) is 4.24. The molecule has 0 aromatic carbocycles. The molecule has 1 fully saturated rings. The minimum absolute atomic E-state index is 0.122. The molecule has 4 heteroatoms. The molecule has 4 nitrogen and oxygen atoms in total. The van der Waals surface area contributed by atoms with Crippen molar-refractivity contribution in [3.8, 4) is 11.8 Å². The van der Waals surface area contributed by atoms with Crippen molar-refractivity contribution in [1.82, 2.24) is 0 Å². The van der Waals surface area contributed by atoms with Crippen molar-refractivity contribution in [2.24, 2.45) is 0 Å². The second kappa shape index (κ2) is 5.57. The Hall–Kier alpha value is -1.05. The van der Waals surface area contributed by atoms with Gasteiger partial charge < -0.3 is 14.6 Å². The predicted molar refractivity (Wildman–Crippen MR) is 45.0 cm³/mol. The number of carboxylic acid groups (broad SMARTS) is 1. The summed E-state index contributed by atoms with van der Waals surface area (Å²) < 4.78 is 10.4. The highest BCUT2D eigenvalue weighted by atomic mass is 16.7. The lowest BCUT2D eigenvalue weighted by molar-refractivity contribution is -0.154. The lowest BCUT2D eigenvalue weighted by Gasteiger charge is -2.21.